The number of nitrogens with zero attached hydrogens (tertiary/aromatic N) is 1. The van der Waals surface area contributed by atoms with Gasteiger partial charge >= 0.3 is 5.97 Å². The van der Waals surface area contributed by atoms with Gasteiger partial charge in [0.05, 0.1) is 23.0 Å². The summed E-state index contributed by atoms with van der Waals surface area (Å²) in [6.45, 7) is 0.414. The number of halogens is 2. The van der Waals surface area contributed by atoms with Crippen LogP contribution in [0.1, 0.15) is 6.42 Å². The number of rotatable bonds is 6. The number of carboxylic acids is 1. The lowest BCUT2D eigenvalue weighted by Gasteiger charge is -2.15. The van der Waals surface area contributed by atoms with Crippen molar-refractivity contribution in [2.45, 2.75) is 6.42 Å². The van der Waals surface area contributed by atoms with Crippen molar-refractivity contribution < 1.29 is 14.7 Å². The quantitative estimate of drug-likeness (QED) is 0.846. The molecule has 104 valence electrons. The molecule has 0 radical (unpaired) electrons. The fourth-order valence-corrected chi connectivity index (χ4v) is 1.68. The third-order valence-corrected chi connectivity index (χ3v) is 3.06. The Kier molecular flexibility index (Phi) is 6.08. The van der Waals surface area contributed by atoms with Gasteiger partial charge in [-0.15, -0.1) is 0 Å². The van der Waals surface area contributed by atoms with Crippen LogP contribution in [0.15, 0.2) is 18.2 Å². The number of carbonyl (C=O) groups is 2. The molecule has 19 heavy (non-hydrogen) atoms. The minimum Gasteiger partial charge on any atom is -0.481 e. The second kappa shape index (κ2) is 7.33. The molecule has 1 amide bonds. The number of amides is 1. The zero-order chi connectivity index (χ0) is 14.4. The normalized spacial score (nSPS) is 10.5. The number of benzene rings is 1. The van der Waals surface area contributed by atoms with Crippen molar-refractivity contribution in [1.82, 2.24) is 4.90 Å². The largest absolute Gasteiger partial charge is 0.481 e. The van der Waals surface area contributed by atoms with Gasteiger partial charge in [0, 0.05) is 12.2 Å². The van der Waals surface area contributed by atoms with Crippen LogP contribution in [-0.4, -0.2) is 42.0 Å². The van der Waals surface area contributed by atoms with Crippen molar-refractivity contribution >= 4 is 40.8 Å². The van der Waals surface area contributed by atoms with Crippen molar-refractivity contribution in [3.05, 3.63) is 28.2 Å². The Morgan fingerprint density at radius 2 is 2.00 bits per heavy atom. The fourth-order valence-electron chi connectivity index (χ4n) is 1.39. The van der Waals surface area contributed by atoms with Crippen molar-refractivity contribution in [3.63, 3.8) is 0 Å². The second-order valence-corrected chi connectivity index (χ2v) is 4.87. The Morgan fingerprint density at radius 3 is 2.58 bits per heavy atom. The first-order chi connectivity index (χ1) is 8.88. The number of carboxylic acid groups (broad SMARTS) is 1. The Labute approximate surface area is 121 Å². The Bertz CT molecular complexity index is 480. The molecule has 0 saturated carbocycles. The summed E-state index contributed by atoms with van der Waals surface area (Å²) in [4.78, 5) is 23.7. The van der Waals surface area contributed by atoms with Gasteiger partial charge in [-0.05, 0) is 25.2 Å². The fraction of sp³-hybridized carbons (Fsp3) is 0.333. The summed E-state index contributed by atoms with van der Waals surface area (Å²) in [7, 11) is 1.68. The van der Waals surface area contributed by atoms with Gasteiger partial charge in [0.1, 0.15) is 0 Å². The van der Waals surface area contributed by atoms with Gasteiger partial charge in [-0.3, -0.25) is 14.5 Å². The Hall–Kier alpha value is -1.30. The van der Waals surface area contributed by atoms with Crippen molar-refractivity contribution in [2.24, 2.45) is 0 Å². The topological polar surface area (TPSA) is 69.6 Å². The van der Waals surface area contributed by atoms with Crippen molar-refractivity contribution in [2.75, 3.05) is 25.5 Å². The number of anilines is 1. The molecule has 0 saturated heterocycles. The highest BCUT2D eigenvalue weighted by molar-refractivity contribution is 6.42. The molecule has 0 aliphatic carbocycles. The minimum absolute atomic E-state index is 0.00342. The molecule has 0 bridgehead atoms. The van der Waals surface area contributed by atoms with Crippen LogP contribution in [0, 0.1) is 0 Å². The molecule has 0 spiro atoms. The first-order valence-electron chi connectivity index (χ1n) is 5.53. The van der Waals surface area contributed by atoms with Crippen LogP contribution in [0.25, 0.3) is 0 Å². The number of likely N-dealkylation sites (N-methyl/N-ethyl adjacent to an activating group) is 1. The van der Waals surface area contributed by atoms with Gasteiger partial charge in [-0.2, -0.15) is 0 Å². The molecule has 0 unspecified atom stereocenters. The number of hydrogen-bond acceptors (Lipinski definition) is 3. The highest BCUT2D eigenvalue weighted by Gasteiger charge is 2.09. The number of nitrogens with one attached hydrogen (secondary N) is 1. The summed E-state index contributed by atoms with van der Waals surface area (Å²) in [5.41, 5.74) is 0.547. The molecule has 7 heteroatoms. The summed E-state index contributed by atoms with van der Waals surface area (Å²) < 4.78 is 0. The molecule has 0 heterocycles. The summed E-state index contributed by atoms with van der Waals surface area (Å²) >= 11 is 11.6. The van der Waals surface area contributed by atoms with Crippen LogP contribution >= 0.6 is 23.2 Å². The Balaban J connectivity index is 2.46. The van der Waals surface area contributed by atoms with E-state index in [-0.39, 0.29) is 18.9 Å². The van der Waals surface area contributed by atoms with Crippen LogP contribution in [-0.2, 0) is 9.59 Å². The molecule has 0 aliphatic rings. The lowest BCUT2D eigenvalue weighted by Crippen LogP contribution is -2.31. The van der Waals surface area contributed by atoms with Crippen molar-refractivity contribution in [3.8, 4) is 0 Å². The summed E-state index contributed by atoms with van der Waals surface area (Å²) in [6, 6.07) is 4.79. The molecule has 1 rings (SSSR count). The van der Waals surface area contributed by atoms with E-state index in [1.807, 2.05) is 0 Å². The number of carbonyl (C=O) groups excluding carboxylic acids is 1. The van der Waals surface area contributed by atoms with E-state index in [1.165, 1.54) is 0 Å². The highest BCUT2D eigenvalue weighted by atomic mass is 35.5. The highest BCUT2D eigenvalue weighted by Crippen LogP contribution is 2.24. The van der Waals surface area contributed by atoms with Crippen LogP contribution in [0.2, 0.25) is 10.0 Å². The monoisotopic (exact) mass is 304 g/mol. The molecule has 1 aromatic carbocycles. The maximum absolute atomic E-state index is 11.7. The summed E-state index contributed by atoms with van der Waals surface area (Å²) in [5.74, 6) is -1.14. The zero-order valence-electron chi connectivity index (χ0n) is 10.3. The van der Waals surface area contributed by atoms with E-state index >= 15 is 0 Å². The maximum atomic E-state index is 11.7. The van der Waals surface area contributed by atoms with E-state index in [0.717, 1.165) is 0 Å². The SMILES string of the molecule is CN(CCC(=O)O)CC(=O)Nc1ccc(Cl)c(Cl)c1. The van der Waals surface area contributed by atoms with Gasteiger partial charge in [0.15, 0.2) is 0 Å². The molecule has 0 atom stereocenters. The van der Waals surface area contributed by atoms with E-state index in [0.29, 0.717) is 22.3 Å². The zero-order valence-corrected chi connectivity index (χ0v) is 11.8. The predicted octanol–water partition coefficient (Wildman–Crippen LogP) is 2.34. The maximum Gasteiger partial charge on any atom is 0.304 e. The Morgan fingerprint density at radius 1 is 1.32 bits per heavy atom. The summed E-state index contributed by atoms with van der Waals surface area (Å²) in [6.07, 6.45) is -0.00342. The molecule has 2 N–H and O–H groups in total. The molecule has 5 nitrogen and oxygen atoms in total. The molecule has 0 aromatic heterocycles. The molecule has 0 fully saturated rings. The minimum atomic E-state index is -0.892. The van der Waals surface area contributed by atoms with E-state index in [1.54, 1.807) is 30.1 Å². The molecule has 0 aliphatic heterocycles. The van der Waals surface area contributed by atoms with E-state index in [9.17, 15) is 9.59 Å². The molecule has 1 aromatic rings. The van der Waals surface area contributed by atoms with Crippen LogP contribution in [0.3, 0.4) is 0 Å². The van der Waals surface area contributed by atoms with Crippen LogP contribution in [0.5, 0.6) is 0 Å². The summed E-state index contributed by atoms with van der Waals surface area (Å²) in [5, 5.41) is 12.0. The van der Waals surface area contributed by atoms with Gasteiger partial charge in [0.25, 0.3) is 0 Å². The third kappa shape index (κ3) is 5.92. The number of aliphatic carboxylic acids is 1. The van der Waals surface area contributed by atoms with Crippen LogP contribution in [0.4, 0.5) is 5.69 Å². The number of hydrogen-bond donors (Lipinski definition) is 2. The standard InChI is InChI=1S/C12H14Cl2N2O3/c1-16(5-4-12(18)19)7-11(17)15-8-2-3-9(13)10(14)6-8/h2-3,6H,4-5,7H2,1H3,(H,15,17)(H,18,19). The average Bonchev–Trinajstić information content (AvgIpc) is 2.31. The van der Waals surface area contributed by atoms with Crippen LogP contribution < -0.4 is 5.32 Å². The lowest BCUT2D eigenvalue weighted by atomic mass is 10.3. The van der Waals surface area contributed by atoms with E-state index < -0.39 is 5.97 Å². The van der Waals surface area contributed by atoms with E-state index in [2.05, 4.69) is 5.32 Å². The van der Waals surface area contributed by atoms with Gasteiger partial charge in [-0.25, -0.2) is 0 Å². The predicted molar refractivity (Wildman–Crippen MR) is 74.8 cm³/mol. The first-order valence-corrected chi connectivity index (χ1v) is 6.29. The van der Waals surface area contributed by atoms with Gasteiger partial charge < -0.3 is 10.4 Å². The molecular weight excluding hydrogens is 291 g/mol. The lowest BCUT2D eigenvalue weighted by molar-refractivity contribution is -0.137. The average molecular weight is 305 g/mol. The van der Waals surface area contributed by atoms with Gasteiger partial charge in [0.2, 0.25) is 5.91 Å². The first kappa shape index (κ1) is 15.8. The third-order valence-electron chi connectivity index (χ3n) is 2.32. The molecular formula is C12H14Cl2N2O3. The van der Waals surface area contributed by atoms with Gasteiger partial charge in [-0.1, -0.05) is 23.2 Å². The second-order valence-electron chi connectivity index (χ2n) is 4.06. The smallest absolute Gasteiger partial charge is 0.304 e. The van der Waals surface area contributed by atoms with E-state index in [4.69, 9.17) is 28.3 Å². The van der Waals surface area contributed by atoms with Crippen molar-refractivity contribution in [1.29, 1.82) is 0 Å².